The number of benzene rings is 2. The lowest BCUT2D eigenvalue weighted by Gasteiger charge is -2.33. The van der Waals surface area contributed by atoms with E-state index in [1.807, 2.05) is 0 Å². The van der Waals surface area contributed by atoms with E-state index < -0.39 is 242 Å². The predicted molar refractivity (Wildman–Crippen MR) is 346 cm³/mol. The van der Waals surface area contributed by atoms with Gasteiger partial charge >= 0.3 is 40.2 Å². The van der Waals surface area contributed by atoms with Crippen molar-refractivity contribution in [1.29, 1.82) is 0 Å². The van der Waals surface area contributed by atoms with E-state index in [1.165, 1.54) is 19.1 Å². The van der Waals surface area contributed by atoms with Gasteiger partial charge in [0.1, 0.15) is 66.2 Å². The van der Waals surface area contributed by atoms with Crippen molar-refractivity contribution in [2.45, 2.75) is 197 Å². The summed E-state index contributed by atoms with van der Waals surface area (Å²) >= 11 is 0. The second-order valence-corrected chi connectivity index (χ2v) is 25.3. The van der Waals surface area contributed by atoms with E-state index in [1.54, 1.807) is 58.0 Å². The number of rotatable bonds is 44. The SMILES string of the molecule is CC[C@H](C)[C@H](NC(=O)[C@H](CCC(=O)O)NC(=O)[C@H](CCC(=O)O)NC(=O)[C@H](Cc1ccccc1)NC(=O)[C@@H](N)CC(=O)O)C(=O)N1CCC[C@H]1C(=O)N[C@@H](C)C(=O)N[C@@H](CCC(=O)O)C(=O)N[C@@H](Cc1ccc(OS(=O)(=O)O)cc1)C(=O)N[C@@H](CC(C)C)C(=O)N[C@@H](CCC(N)=O)C(=O)O. The van der Waals surface area contributed by atoms with E-state index in [9.17, 15) is 111 Å². The van der Waals surface area contributed by atoms with E-state index in [4.69, 9.17) is 16.0 Å². The molecular formula is C62H88N12O25S. The number of amides is 11. The van der Waals surface area contributed by atoms with Gasteiger partial charge in [0.05, 0.1) is 12.5 Å². The van der Waals surface area contributed by atoms with Crippen LogP contribution in [-0.2, 0) is 100.0 Å². The second kappa shape index (κ2) is 40.5. The normalized spacial score (nSPS) is 16.0. The molecule has 0 aliphatic carbocycles. The number of carboxylic acids is 5. The molecule has 1 heterocycles. The molecule has 0 saturated carbocycles. The van der Waals surface area contributed by atoms with Gasteiger partial charge in [-0.2, -0.15) is 8.42 Å². The van der Waals surface area contributed by atoms with Gasteiger partial charge in [-0.25, -0.2) is 4.79 Å². The maximum absolute atomic E-state index is 14.7. The van der Waals surface area contributed by atoms with Crippen LogP contribution in [0, 0.1) is 11.8 Å². The van der Waals surface area contributed by atoms with E-state index in [-0.39, 0.29) is 55.9 Å². The fourth-order valence-electron chi connectivity index (χ4n) is 10.2. The van der Waals surface area contributed by atoms with Gasteiger partial charge in [0.25, 0.3) is 0 Å². The minimum Gasteiger partial charge on any atom is -0.481 e. The average molecular weight is 1430 g/mol. The number of hydrogen-bond acceptors (Lipinski definition) is 20. The predicted octanol–water partition coefficient (Wildman–Crippen LogP) is -3.13. The van der Waals surface area contributed by atoms with Gasteiger partial charge < -0.3 is 93.9 Å². The molecule has 552 valence electrons. The monoisotopic (exact) mass is 1430 g/mol. The first-order valence-corrected chi connectivity index (χ1v) is 33.1. The van der Waals surface area contributed by atoms with Crippen molar-refractivity contribution >= 4 is 105 Å². The van der Waals surface area contributed by atoms with Crippen LogP contribution in [0.4, 0.5) is 0 Å². The molecule has 0 spiro atoms. The molecule has 2 aromatic rings. The molecule has 100 heavy (non-hydrogen) atoms. The number of carboxylic acid groups (broad SMARTS) is 5. The number of nitrogens with two attached hydrogens (primary N) is 2. The summed E-state index contributed by atoms with van der Waals surface area (Å²) in [7, 11) is -4.99. The van der Waals surface area contributed by atoms with Crippen LogP contribution in [-0.4, -0.2) is 211 Å². The Morgan fingerprint density at radius 1 is 0.530 bits per heavy atom. The molecule has 1 aliphatic heterocycles. The first-order chi connectivity index (χ1) is 46.8. The Hall–Kier alpha value is -10.4. The number of nitrogens with one attached hydrogen (secondary N) is 9. The Kier molecular flexibility index (Phi) is 34.0. The maximum Gasteiger partial charge on any atom is 0.446 e. The number of primary amides is 1. The van der Waals surface area contributed by atoms with Crippen molar-refractivity contribution in [3.63, 3.8) is 0 Å². The summed E-state index contributed by atoms with van der Waals surface area (Å²) in [6.07, 6.45) is -6.42. The minimum atomic E-state index is -4.99. The summed E-state index contributed by atoms with van der Waals surface area (Å²) < 4.78 is 36.4. The maximum atomic E-state index is 14.7. The van der Waals surface area contributed by atoms with Crippen LogP contribution in [0.1, 0.15) is 129 Å². The molecule has 1 fully saturated rings. The first kappa shape index (κ1) is 83.9. The van der Waals surface area contributed by atoms with Crippen LogP contribution < -0.4 is 63.5 Å². The fourth-order valence-corrected chi connectivity index (χ4v) is 10.5. The number of aliphatic carboxylic acids is 5. The average Bonchev–Trinajstić information content (AvgIpc) is 1.57. The lowest BCUT2D eigenvalue weighted by Crippen LogP contribution is -2.61. The van der Waals surface area contributed by atoms with Gasteiger partial charge in [0.15, 0.2) is 0 Å². The van der Waals surface area contributed by atoms with Crippen molar-refractivity contribution in [3.8, 4) is 5.75 Å². The summed E-state index contributed by atoms with van der Waals surface area (Å²) in [5.74, 6) is -20.4. The topological polar surface area (TPSA) is 601 Å². The van der Waals surface area contributed by atoms with Gasteiger partial charge in [-0.15, -0.1) is 0 Å². The Morgan fingerprint density at radius 2 is 0.950 bits per heavy atom. The Morgan fingerprint density at radius 3 is 1.40 bits per heavy atom. The number of nitrogens with zero attached hydrogens (tertiary/aromatic N) is 1. The van der Waals surface area contributed by atoms with Crippen molar-refractivity contribution in [3.05, 3.63) is 65.7 Å². The molecular weight excluding hydrogens is 1340 g/mol. The molecule has 2 aromatic carbocycles. The lowest BCUT2D eigenvalue weighted by atomic mass is 9.96. The van der Waals surface area contributed by atoms with Crippen LogP contribution in [0.5, 0.6) is 5.75 Å². The van der Waals surface area contributed by atoms with Crippen LogP contribution in [0.25, 0.3) is 0 Å². The number of likely N-dealkylation sites (tertiary alicyclic amines) is 1. The third kappa shape index (κ3) is 29.8. The highest BCUT2D eigenvalue weighted by molar-refractivity contribution is 7.81. The van der Waals surface area contributed by atoms with Crippen molar-refractivity contribution in [2.75, 3.05) is 6.54 Å². The molecule has 38 heteroatoms. The van der Waals surface area contributed by atoms with Crippen LogP contribution in [0.2, 0.25) is 0 Å². The van der Waals surface area contributed by atoms with E-state index in [2.05, 4.69) is 52.0 Å². The minimum absolute atomic E-state index is 0.0165. The Labute approximate surface area is 574 Å². The quantitative estimate of drug-likeness (QED) is 0.0292. The highest BCUT2D eigenvalue weighted by Crippen LogP contribution is 2.23. The van der Waals surface area contributed by atoms with Crippen molar-refractivity contribution in [2.24, 2.45) is 23.3 Å². The smallest absolute Gasteiger partial charge is 0.446 e. The third-order valence-corrected chi connectivity index (χ3v) is 16.1. The molecule has 1 aliphatic rings. The molecule has 0 radical (unpaired) electrons. The Balaban J connectivity index is 1.92. The van der Waals surface area contributed by atoms with Gasteiger partial charge in [0.2, 0.25) is 65.0 Å². The Bertz CT molecular complexity index is 3400. The van der Waals surface area contributed by atoms with Crippen molar-refractivity contribution < 1.29 is 119 Å². The summed E-state index contributed by atoms with van der Waals surface area (Å²) in [4.78, 5) is 212. The fraction of sp³-hybridized carbons (Fsp3) is 0.548. The largest absolute Gasteiger partial charge is 0.481 e. The molecule has 12 atom stereocenters. The molecule has 0 bridgehead atoms. The van der Waals surface area contributed by atoms with Crippen LogP contribution in [0.15, 0.2) is 54.6 Å². The molecule has 1 saturated heterocycles. The highest BCUT2D eigenvalue weighted by Gasteiger charge is 2.42. The summed E-state index contributed by atoms with van der Waals surface area (Å²) in [6.45, 7) is 7.57. The number of hydrogen-bond donors (Lipinski definition) is 17. The standard InChI is InChI=1S/C62H88N12O25S/c1-6-32(4)51(73-56(88)40(21-25-49(80)81)67-54(86)39(20-24-48(78)79)68-58(90)43(28-34-11-8-7-9-12-34)70-53(85)37(63)30-50(82)83)61(93)74-26-10-13-45(74)60(92)65-33(5)52(84)66-38(19-23-47(76)77)55(87)72-44(29-35-14-16-36(17-15-35)99-100(96,97)98)59(91)71-42(27-31(2)3)57(89)69-41(62(94)95)18-22-46(64)75/h7-9,11-12,14-17,31-33,37-45,51H,6,10,13,18-30,63H2,1-5H3,(H2,64,75)(H,65,92)(H,66,84)(H,67,86)(H,68,90)(H,69,89)(H,70,85)(H,71,91)(H,72,87)(H,73,88)(H,76,77)(H,78,79)(H,80,81)(H,82,83)(H,94,95)(H,96,97,98)/t32-,33-,37-,38-,39-,40-,41-,42-,43-,44-,45-,51-/m0/s1. The molecule has 3 rings (SSSR count). The summed E-state index contributed by atoms with van der Waals surface area (Å²) in [5, 5.41) is 69.5. The zero-order chi connectivity index (χ0) is 75.3. The highest BCUT2D eigenvalue weighted by atomic mass is 32.3. The second-order valence-electron chi connectivity index (χ2n) is 24.2. The molecule has 19 N–H and O–H groups in total. The van der Waals surface area contributed by atoms with Gasteiger partial charge in [0, 0.05) is 45.1 Å². The zero-order valence-electron chi connectivity index (χ0n) is 55.5. The third-order valence-electron chi connectivity index (χ3n) is 15.7. The van der Waals surface area contributed by atoms with E-state index in [0.29, 0.717) is 5.56 Å². The molecule has 37 nitrogen and oxygen atoms in total. The lowest BCUT2D eigenvalue weighted by molar-refractivity contribution is -0.144. The van der Waals surface area contributed by atoms with Crippen LogP contribution >= 0.6 is 0 Å². The van der Waals surface area contributed by atoms with E-state index in [0.717, 1.165) is 17.0 Å². The number of carbonyl (C=O) groups is 16. The zero-order valence-corrected chi connectivity index (χ0v) is 56.3. The number of carbonyl (C=O) groups excluding carboxylic acids is 11. The van der Waals surface area contributed by atoms with Gasteiger partial charge in [-0.1, -0.05) is 76.6 Å². The molecule has 0 aromatic heterocycles. The van der Waals surface area contributed by atoms with Gasteiger partial charge in [-0.05, 0) is 87.0 Å². The van der Waals surface area contributed by atoms with Gasteiger partial charge in [-0.3, -0.25) is 76.5 Å². The van der Waals surface area contributed by atoms with E-state index >= 15 is 0 Å². The molecule has 0 unspecified atom stereocenters. The molecule has 11 amide bonds. The first-order valence-electron chi connectivity index (χ1n) is 31.8. The summed E-state index contributed by atoms with van der Waals surface area (Å²) in [6, 6.07) is -5.30. The van der Waals surface area contributed by atoms with Crippen LogP contribution in [0.3, 0.4) is 0 Å². The summed E-state index contributed by atoms with van der Waals surface area (Å²) in [5.41, 5.74) is 11.6. The van der Waals surface area contributed by atoms with Crippen molar-refractivity contribution in [1.82, 2.24) is 52.8 Å².